The average Bonchev–Trinajstić information content (AvgIpc) is 3.12. The molecule has 3 N–H and O–H groups in total. The number of H-pyrrole nitrogens is 1. The largest absolute Gasteiger partial charge is 0.497 e. The topological polar surface area (TPSA) is 75.4 Å². The molecule has 30 heavy (non-hydrogen) atoms. The van der Waals surface area contributed by atoms with Gasteiger partial charge in [-0.2, -0.15) is 0 Å². The number of halogens is 1. The summed E-state index contributed by atoms with van der Waals surface area (Å²) >= 11 is 6.03. The lowest BCUT2D eigenvalue weighted by atomic mass is 10.1. The number of amides is 2. The Bertz CT molecular complexity index is 1200. The monoisotopic (exact) mass is 421 g/mol. The van der Waals surface area contributed by atoms with Gasteiger partial charge in [0.05, 0.1) is 31.3 Å². The van der Waals surface area contributed by atoms with Crippen molar-refractivity contribution in [1.29, 1.82) is 0 Å². The first kappa shape index (κ1) is 19.7. The van der Waals surface area contributed by atoms with E-state index >= 15 is 0 Å². The number of para-hydroxylation sites is 1. The minimum Gasteiger partial charge on any atom is -0.497 e. The summed E-state index contributed by atoms with van der Waals surface area (Å²) in [5, 5.41) is 7.35. The van der Waals surface area contributed by atoms with Crippen molar-refractivity contribution in [1.82, 2.24) is 4.98 Å². The lowest BCUT2D eigenvalue weighted by Crippen LogP contribution is -2.20. The number of hydrogen-bond donors (Lipinski definition) is 3. The molecule has 0 unspecified atom stereocenters. The Hall–Kier alpha value is -3.64. The van der Waals surface area contributed by atoms with Crippen LogP contribution in [-0.2, 0) is 0 Å². The van der Waals surface area contributed by atoms with Gasteiger partial charge in [0, 0.05) is 27.6 Å². The Balaban J connectivity index is 1.69. The maximum Gasteiger partial charge on any atom is 0.323 e. The van der Waals surface area contributed by atoms with Crippen LogP contribution in [0.15, 0.2) is 66.7 Å². The first-order valence-corrected chi connectivity index (χ1v) is 9.63. The predicted octanol–water partition coefficient (Wildman–Crippen LogP) is 6.15. The van der Waals surface area contributed by atoms with Gasteiger partial charge in [-0.05, 0) is 30.3 Å². The number of rotatable bonds is 5. The van der Waals surface area contributed by atoms with E-state index in [1.807, 2.05) is 48.5 Å². The summed E-state index contributed by atoms with van der Waals surface area (Å²) in [6.45, 7) is 0. The number of hydrogen-bond acceptors (Lipinski definition) is 3. The fourth-order valence-corrected chi connectivity index (χ4v) is 3.41. The van der Waals surface area contributed by atoms with E-state index in [1.165, 1.54) is 0 Å². The molecule has 0 bridgehead atoms. The van der Waals surface area contributed by atoms with Crippen LogP contribution in [-0.4, -0.2) is 25.2 Å². The highest BCUT2D eigenvalue weighted by Gasteiger charge is 2.17. The molecule has 3 aromatic carbocycles. The summed E-state index contributed by atoms with van der Waals surface area (Å²) in [7, 11) is 3.11. The third-order valence-electron chi connectivity index (χ3n) is 4.73. The quantitative estimate of drug-likeness (QED) is 0.361. The minimum absolute atomic E-state index is 0.401. The van der Waals surface area contributed by atoms with Gasteiger partial charge in [-0.15, -0.1) is 0 Å². The summed E-state index contributed by atoms with van der Waals surface area (Å²) in [4.78, 5) is 16.3. The Kier molecular flexibility index (Phi) is 5.50. The maximum atomic E-state index is 12.9. The molecule has 152 valence electrons. The molecule has 6 nitrogen and oxygen atoms in total. The molecule has 2 amide bonds. The van der Waals surface area contributed by atoms with E-state index in [-0.39, 0.29) is 0 Å². The Morgan fingerprint density at radius 2 is 1.70 bits per heavy atom. The van der Waals surface area contributed by atoms with Crippen LogP contribution in [0.25, 0.3) is 22.2 Å². The van der Waals surface area contributed by atoms with Crippen LogP contribution >= 0.6 is 11.6 Å². The second-order valence-corrected chi connectivity index (χ2v) is 7.01. The fourth-order valence-electron chi connectivity index (χ4n) is 3.28. The normalized spacial score (nSPS) is 10.6. The molecule has 1 heterocycles. The number of aromatic amines is 1. The molecule has 0 aliphatic heterocycles. The Labute approximate surface area is 178 Å². The highest BCUT2D eigenvalue weighted by atomic mass is 35.5. The van der Waals surface area contributed by atoms with Crippen LogP contribution in [0.1, 0.15) is 0 Å². The maximum absolute atomic E-state index is 12.9. The zero-order valence-electron chi connectivity index (χ0n) is 16.5. The molecule has 0 spiro atoms. The molecule has 1 aromatic heterocycles. The minimum atomic E-state index is -0.401. The van der Waals surface area contributed by atoms with Crippen molar-refractivity contribution in [2.45, 2.75) is 0 Å². The second kappa shape index (κ2) is 8.39. The number of benzene rings is 3. The summed E-state index contributed by atoms with van der Waals surface area (Å²) in [6.07, 6.45) is 0. The fraction of sp³-hybridized carbons (Fsp3) is 0.0870. The van der Waals surface area contributed by atoms with Crippen LogP contribution in [0.3, 0.4) is 0 Å². The molecule has 0 saturated carbocycles. The van der Waals surface area contributed by atoms with Gasteiger partial charge < -0.3 is 25.1 Å². The van der Waals surface area contributed by atoms with E-state index in [1.54, 1.807) is 32.4 Å². The summed E-state index contributed by atoms with van der Waals surface area (Å²) < 4.78 is 10.6. The van der Waals surface area contributed by atoms with Crippen molar-refractivity contribution >= 4 is 39.9 Å². The van der Waals surface area contributed by atoms with Crippen LogP contribution in [0.2, 0.25) is 5.02 Å². The smallest absolute Gasteiger partial charge is 0.323 e. The molecule has 7 heteroatoms. The molecular formula is C23H20ClN3O3. The molecule has 0 atom stereocenters. The first-order valence-electron chi connectivity index (χ1n) is 9.25. The lowest BCUT2D eigenvalue weighted by molar-refractivity contribution is 0.262. The zero-order valence-corrected chi connectivity index (χ0v) is 17.2. The number of fused-ring (bicyclic) bond motifs is 1. The zero-order chi connectivity index (χ0) is 21.1. The molecule has 4 aromatic rings. The highest BCUT2D eigenvalue weighted by molar-refractivity contribution is 6.30. The third kappa shape index (κ3) is 3.90. The summed E-state index contributed by atoms with van der Waals surface area (Å²) in [6, 6.07) is 20.0. The molecule has 0 fully saturated rings. The molecule has 0 aliphatic rings. The molecule has 0 saturated heterocycles. The van der Waals surface area contributed by atoms with E-state index in [4.69, 9.17) is 21.1 Å². The van der Waals surface area contributed by atoms with Gasteiger partial charge in [-0.3, -0.25) is 0 Å². The van der Waals surface area contributed by atoms with Crippen LogP contribution in [0.4, 0.5) is 16.2 Å². The van der Waals surface area contributed by atoms with E-state index in [9.17, 15) is 4.79 Å². The van der Waals surface area contributed by atoms with Crippen molar-refractivity contribution in [3.8, 4) is 22.8 Å². The van der Waals surface area contributed by atoms with Crippen molar-refractivity contribution in [3.05, 3.63) is 71.8 Å². The predicted molar refractivity (Wildman–Crippen MR) is 121 cm³/mol. The molecule has 4 rings (SSSR count). The Morgan fingerprint density at radius 1 is 0.933 bits per heavy atom. The van der Waals surface area contributed by atoms with Crippen molar-refractivity contribution in [2.75, 3.05) is 24.9 Å². The van der Waals surface area contributed by atoms with Crippen LogP contribution < -0.4 is 20.1 Å². The molecule has 0 aliphatic carbocycles. The Morgan fingerprint density at radius 3 is 2.43 bits per heavy atom. The first-order chi connectivity index (χ1) is 14.6. The lowest BCUT2D eigenvalue weighted by Gasteiger charge is -2.13. The highest BCUT2D eigenvalue weighted by Crippen LogP contribution is 2.36. The van der Waals surface area contributed by atoms with E-state index in [2.05, 4.69) is 15.6 Å². The van der Waals surface area contributed by atoms with Gasteiger partial charge in [-0.1, -0.05) is 41.9 Å². The van der Waals surface area contributed by atoms with E-state index in [0.717, 1.165) is 22.2 Å². The van der Waals surface area contributed by atoms with Gasteiger partial charge >= 0.3 is 6.03 Å². The van der Waals surface area contributed by atoms with E-state index in [0.29, 0.717) is 27.9 Å². The summed E-state index contributed by atoms with van der Waals surface area (Å²) in [5.41, 5.74) is 3.79. The van der Waals surface area contributed by atoms with Gasteiger partial charge in [0.25, 0.3) is 0 Å². The van der Waals surface area contributed by atoms with Gasteiger partial charge in [0.1, 0.15) is 11.5 Å². The van der Waals surface area contributed by atoms with Crippen LogP contribution in [0, 0.1) is 0 Å². The number of carbonyl (C=O) groups excluding carboxylic acids is 1. The number of urea groups is 1. The van der Waals surface area contributed by atoms with Crippen LogP contribution in [0.5, 0.6) is 11.5 Å². The SMILES string of the molecule is COc1ccc(OC)c(NC(=O)Nc2c(-c3ccc(Cl)cc3)[nH]c3ccccc23)c1. The standard InChI is InChI=1S/C23H20ClN3O3/c1-29-16-11-12-20(30-2)19(13-16)26-23(28)27-22-17-5-3-4-6-18(17)25-21(22)14-7-9-15(24)10-8-14/h3-13,25H,1-2H3,(H2,26,27,28). The van der Waals surface area contributed by atoms with Gasteiger partial charge in [-0.25, -0.2) is 4.79 Å². The molecule has 0 radical (unpaired) electrons. The number of aromatic nitrogens is 1. The number of anilines is 2. The van der Waals surface area contributed by atoms with E-state index < -0.39 is 6.03 Å². The van der Waals surface area contributed by atoms with Crippen molar-refractivity contribution in [2.24, 2.45) is 0 Å². The second-order valence-electron chi connectivity index (χ2n) is 6.57. The molecular weight excluding hydrogens is 402 g/mol. The van der Waals surface area contributed by atoms with Crippen molar-refractivity contribution < 1.29 is 14.3 Å². The number of nitrogens with one attached hydrogen (secondary N) is 3. The van der Waals surface area contributed by atoms with Crippen molar-refractivity contribution in [3.63, 3.8) is 0 Å². The average molecular weight is 422 g/mol. The number of carbonyl (C=O) groups is 1. The third-order valence-corrected chi connectivity index (χ3v) is 4.98. The van der Waals surface area contributed by atoms with Gasteiger partial charge in [0.15, 0.2) is 0 Å². The number of methoxy groups -OCH3 is 2. The summed E-state index contributed by atoms with van der Waals surface area (Å²) in [5.74, 6) is 1.14. The number of ether oxygens (including phenoxy) is 2. The van der Waals surface area contributed by atoms with Gasteiger partial charge in [0.2, 0.25) is 0 Å².